The molecule has 38 heavy (non-hydrogen) atoms. The van der Waals surface area contributed by atoms with Crippen LogP contribution in [0.15, 0.2) is 97.1 Å². The lowest BCUT2D eigenvalue weighted by Crippen LogP contribution is -2.68. The summed E-state index contributed by atoms with van der Waals surface area (Å²) in [4.78, 5) is 37.7. The lowest BCUT2D eigenvalue weighted by Gasteiger charge is -2.48. The van der Waals surface area contributed by atoms with Gasteiger partial charge in [0.2, 0.25) is 5.91 Å². The first-order valence-corrected chi connectivity index (χ1v) is 13.8. The fourth-order valence-electron chi connectivity index (χ4n) is 4.47. The van der Waals surface area contributed by atoms with E-state index in [1.54, 1.807) is 18.6 Å². The molecule has 2 unspecified atom stereocenters. The number of nitrogens with zero attached hydrogens (tertiary/aromatic N) is 3. The van der Waals surface area contributed by atoms with Crippen LogP contribution in [0.5, 0.6) is 0 Å². The van der Waals surface area contributed by atoms with Crippen LogP contribution in [0, 0.1) is 0 Å². The highest BCUT2D eigenvalue weighted by molar-refractivity contribution is 8.00. The van der Waals surface area contributed by atoms with Crippen LogP contribution in [0.3, 0.4) is 0 Å². The van der Waals surface area contributed by atoms with Crippen LogP contribution in [0.1, 0.15) is 22.1 Å². The maximum Gasteiger partial charge on any atom is 0.356 e. The van der Waals surface area contributed by atoms with Crippen LogP contribution < -0.4 is 11.1 Å². The van der Waals surface area contributed by atoms with Gasteiger partial charge in [0, 0.05) is 23.7 Å². The second-order valence-corrected chi connectivity index (χ2v) is 10.9. The van der Waals surface area contributed by atoms with Gasteiger partial charge in [-0.25, -0.2) is 9.78 Å². The molecule has 10 heteroatoms. The Bertz CT molecular complexity index is 1460. The van der Waals surface area contributed by atoms with Crippen molar-refractivity contribution in [1.82, 2.24) is 14.9 Å². The maximum absolute atomic E-state index is 13.9. The van der Waals surface area contributed by atoms with Crippen LogP contribution in [-0.2, 0) is 14.3 Å². The number of nitrogens with two attached hydrogens (primary N) is 1. The van der Waals surface area contributed by atoms with E-state index < -0.39 is 18.1 Å². The maximum atomic E-state index is 13.9. The fraction of sp³-hybridized carbons (Fsp3) is 0.143. The molecule has 1 fully saturated rings. The van der Waals surface area contributed by atoms with Crippen molar-refractivity contribution in [3.8, 4) is 0 Å². The zero-order valence-corrected chi connectivity index (χ0v) is 21.7. The topological polar surface area (TPSA) is 110 Å². The Balaban J connectivity index is 1.37. The molecule has 8 nitrogen and oxygen atoms in total. The first-order valence-electron chi connectivity index (χ1n) is 12.0. The summed E-state index contributed by atoms with van der Waals surface area (Å²) in [5.41, 5.74) is 9.49. The highest BCUT2D eigenvalue weighted by Gasteiger charge is 2.52. The van der Waals surface area contributed by atoms with Gasteiger partial charge >= 0.3 is 5.97 Å². The Morgan fingerprint density at radius 3 is 2.39 bits per heavy atom. The number of fused-ring (bicyclic) bond motifs is 1. The molecule has 2 aliphatic rings. The van der Waals surface area contributed by atoms with Crippen molar-refractivity contribution >= 4 is 51.4 Å². The number of nitrogens with one attached hydrogen (secondary N) is 1. The van der Waals surface area contributed by atoms with Gasteiger partial charge in [-0.15, -0.1) is 11.8 Å². The number of thiazole rings is 1. The summed E-state index contributed by atoms with van der Waals surface area (Å²) in [7, 11) is 0. The minimum Gasteiger partial charge on any atom is -0.448 e. The number of aromatic nitrogens is 2. The number of hydrogen-bond donors (Lipinski definition) is 2. The van der Waals surface area contributed by atoms with E-state index in [4.69, 9.17) is 10.5 Å². The molecule has 2 atom stereocenters. The number of β-lactam (4-membered cyclic amide) rings is 1. The van der Waals surface area contributed by atoms with E-state index in [9.17, 15) is 9.59 Å². The SMILES string of the molecule is NC1C(=O)N2C(C(=O)OC(c3ccccc3)c3ccccc3)=C(c3cnc(Nc4cccnc4)s3)CSC12. The van der Waals surface area contributed by atoms with Crippen LogP contribution in [0.25, 0.3) is 5.57 Å². The van der Waals surface area contributed by atoms with Crippen LogP contribution in [0.4, 0.5) is 10.8 Å². The molecule has 190 valence electrons. The van der Waals surface area contributed by atoms with Gasteiger partial charge in [-0.05, 0) is 23.3 Å². The smallest absolute Gasteiger partial charge is 0.356 e. The number of carbonyl (C=O) groups excluding carboxylic acids is 2. The van der Waals surface area contributed by atoms with Crippen molar-refractivity contribution in [2.45, 2.75) is 17.5 Å². The van der Waals surface area contributed by atoms with Crippen LogP contribution in [0.2, 0.25) is 0 Å². The van der Waals surface area contributed by atoms with Gasteiger partial charge in [-0.3, -0.25) is 14.7 Å². The molecule has 3 N–H and O–H groups in total. The van der Waals surface area contributed by atoms with Crippen molar-refractivity contribution < 1.29 is 14.3 Å². The third kappa shape index (κ3) is 4.58. The van der Waals surface area contributed by atoms with Gasteiger partial charge in [0.15, 0.2) is 11.2 Å². The molecule has 4 aromatic rings. The Labute approximate surface area is 227 Å². The lowest BCUT2D eigenvalue weighted by atomic mass is 10.0. The van der Waals surface area contributed by atoms with Gasteiger partial charge in [0.25, 0.3) is 0 Å². The number of amides is 1. The van der Waals surface area contributed by atoms with Crippen molar-refractivity contribution in [3.05, 3.63) is 113 Å². The molecular weight excluding hydrogens is 518 g/mol. The zero-order valence-electron chi connectivity index (χ0n) is 20.1. The number of benzene rings is 2. The van der Waals surface area contributed by atoms with Crippen molar-refractivity contribution in [2.75, 3.05) is 11.1 Å². The van der Waals surface area contributed by atoms with Crippen LogP contribution >= 0.6 is 23.1 Å². The van der Waals surface area contributed by atoms with Gasteiger partial charge < -0.3 is 15.8 Å². The summed E-state index contributed by atoms with van der Waals surface area (Å²) in [6, 6.07) is 22.2. The Hall–Kier alpha value is -3.99. The molecule has 0 saturated carbocycles. The molecule has 1 saturated heterocycles. The molecule has 2 aromatic heterocycles. The Kier molecular flexibility index (Phi) is 6.67. The molecule has 2 aromatic carbocycles. The van der Waals surface area contributed by atoms with E-state index in [0.29, 0.717) is 16.5 Å². The summed E-state index contributed by atoms with van der Waals surface area (Å²) < 4.78 is 6.17. The molecule has 0 bridgehead atoms. The van der Waals surface area contributed by atoms with Crippen LogP contribution in [-0.4, -0.2) is 43.9 Å². The number of pyridine rings is 1. The number of ether oxygens (including phenoxy) is 1. The van der Waals surface area contributed by atoms with E-state index in [1.807, 2.05) is 72.8 Å². The molecule has 2 aliphatic heterocycles. The predicted octanol–water partition coefficient (Wildman–Crippen LogP) is 4.57. The third-order valence-corrected chi connectivity index (χ3v) is 8.62. The van der Waals surface area contributed by atoms with E-state index in [0.717, 1.165) is 21.7 Å². The van der Waals surface area contributed by atoms with Gasteiger partial charge in [-0.2, -0.15) is 0 Å². The van der Waals surface area contributed by atoms with Crippen molar-refractivity contribution in [2.24, 2.45) is 5.73 Å². The number of anilines is 2. The highest BCUT2D eigenvalue weighted by atomic mass is 32.2. The summed E-state index contributed by atoms with van der Waals surface area (Å²) in [5.74, 6) is -0.359. The largest absolute Gasteiger partial charge is 0.448 e. The third-order valence-electron chi connectivity index (χ3n) is 6.35. The second-order valence-electron chi connectivity index (χ2n) is 8.77. The minimum atomic E-state index is -0.646. The first-order chi connectivity index (χ1) is 18.6. The normalized spacial score (nSPS) is 18.7. The Morgan fingerprint density at radius 1 is 1.03 bits per heavy atom. The van der Waals surface area contributed by atoms with Gasteiger partial charge in [0.1, 0.15) is 17.1 Å². The van der Waals surface area contributed by atoms with Gasteiger partial charge in [-0.1, -0.05) is 72.0 Å². The predicted molar refractivity (Wildman–Crippen MR) is 148 cm³/mol. The second kappa shape index (κ2) is 10.4. The summed E-state index contributed by atoms with van der Waals surface area (Å²) in [6.45, 7) is 0. The van der Waals surface area contributed by atoms with Gasteiger partial charge in [0.05, 0.1) is 16.8 Å². The molecule has 0 radical (unpaired) electrons. The Morgan fingerprint density at radius 2 is 1.74 bits per heavy atom. The fourth-order valence-corrected chi connectivity index (χ4v) is 6.76. The molecule has 1 amide bonds. The average Bonchev–Trinajstić information content (AvgIpc) is 3.44. The monoisotopic (exact) mass is 541 g/mol. The number of hydrogen-bond acceptors (Lipinski definition) is 9. The number of esters is 1. The van der Waals surface area contributed by atoms with E-state index in [-0.39, 0.29) is 17.0 Å². The summed E-state index contributed by atoms with van der Waals surface area (Å²) >= 11 is 2.93. The zero-order chi connectivity index (χ0) is 26.1. The van der Waals surface area contributed by atoms with E-state index in [2.05, 4.69) is 15.3 Å². The van der Waals surface area contributed by atoms with E-state index in [1.165, 1.54) is 28.0 Å². The molecule has 6 rings (SSSR count). The molecule has 0 spiro atoms. The molecule has 0 aliphatic carbocycles. The van der Waals surface area contributed by atoms with E-state index >= 15 is 0 Å². The summed E-state index contributed by atoms with van der Waals surface area (Å²) in [6.07, 6.45) is 4.48. The van der Waals surface area contributed by atoms with Crippen molar-refractivity contribution in [3.63, 3.8) is 0 Å². The average molecular weight is 542 g/mol. The van der Waals surface area contributed by atoms with Crippen molar-refractivity contribution in [1.29, 1.82) is 0 Å². The molecular formula is C28H23N5O3S2. The minimum absolute atomic E-state index is 0.230. The lowest BCUT2D eigenvalue weighted by molar-refractivity contribution is -0.152. The standard InChI is InChI=1S/C28H23N5O3S2/c29-22-25(34)33-23(27(35)36-24(17-8-3-1-4-9-17)18-10-5-2-6-11-18)20(16-37-26(22)33)21-15-31-28(38-21)32-19-12-7-13-30-14-19/h1-15,22,24,26H,16,29H2,(H,31,32). The highest BCUT2D eigenvalue weighted by Crippen LogP contribution is 2.45. The number of rotatable bonds is 7. The quantitative estimate of drug-likeness (QED) is 0.259. The number of thioether (sulfide) groups is 1. The number of carbonyl (C=O) groups is 2. The summed E-state index contributed by atoms with van der Waals surface area (Å²) in [5, 5.41) is 3.58. The molecule has 4 heterocycles. The first kappa shape index (κ1) is 24.4.